The number of nitrogens with zero attached hydrogens (tertiary/aromatic N) is 4. The maximum absolute atomic E-state index is 11.9. The van der Waals surface area contributed by atoms with E-state index >= 15 is 0 Å². The third-order valence-electron chi connectivity index (χ3n) is 4.20. The first-order valence-corrected chi connectivity index (χ1v) is 7.48. The average Bonchev–Trinajstić information content (AvgIpc) is 3.09. The van der Waals surface area contributed by atoms with Crippen LogP contribution in [-0.2, 0) is 6.54 Å². The molecule has 0 aromatic carbocycles. The Morgan fingerprint density at radius 3 is 3.05 bits per heavy atom. The van der Waals surface area contributed by atoms with Crippen molar-refractivity contribution in [1.82, 2.24) is 24.9 Å². The van der Waals surface area contributed by atoms with E-state index in [1.54, 1.807) is 0 Å². The van der Waals surface area contributed by atoms with E-state index in [9.17, 15) is 4.79 Å². The minimum atomic E-state index is 0.0901. The van der Waals surface area contributed by atoms with Crippen molar-refractivity contribution in [2.24, 2.45) is 0 Å². The highest BCUT2D eigenvalue weighted by molar-refractivity contribution is 5.74. The van der Waals surface area contributed by atoms with E-state index in [1.165, 1.54) is 5.69 Å². The zero-order valence-electron chi connectivity index (χ0n) is 12.1. The fourth-order valence-electron chi connectivity index (χ4n) is 3.17. The maximum Gasteiger partial charge on any atom is 0.317 e. The van der Waals surface area contributed by atoms with E-state index in [1.807, 2.05) is 11.1 Å². The van der Waals surface area contributed by atoms with Crippen LogP contribution in [0, 0.1) is 0 Å². The number of rotatable bonds is 3. The first-order valence-electron chi connectivity index (χ1n) is 7.48. The molecule has 3 heterocycles. The van der Waals surface area contributed by atoms with E-state index in [0.717, 1.165) is 45.4 Å². The molecular formula is C14H23N5O. The summed E-state index contributed by atoms with van der Waals surface area (Å²) in [6.07, 6.45) is 5.07. The molecule has 0 spiro atoms. The number of nitrogens with one attached hydrogen (secondary N) is 1. The molecule has 2 aliphatic heterocycles. The van der Waals surface area contributed by atoms with E-state index in [4.69, 9.17) is 0 Å². The van der Waals surface area contributed by atoms with Gasteiger partial charge in [-0.05, 0) is 32.4 Å². The van der Waals surface area contributed by atoms with Crippen LogP contribution in [0.5, 0.6) is 0 Å². The van der Waals surface area contributed by atoms with E-state index < -0.39 is 0 Å². The van der Waals surface area contributed by atoms with Crippen LogP contribution in [0.1, 0.15) is 31.0 Å². The van der Waals surface area contributed by atoms with Gasteiger partial charge in [-0.1, -0.05) is 0 Å². The molecule has 1 fully saturated rings. The van der Waals surface area contributed by atoms with Gasteiger partial charge in [0.1, 0.15) is 0 Å². The van der Waals surface area contributed by atoms with Gasteiger partial charge in [0.15, 0.2) is 0 Å². The number of urea groups is 1. The summed E-state index contributed by atoms with van der Waals surface area (Å²) < 4.78 is 2.11. The summed E-state index contributed by atoms with van der Waals surface area (Å²) in [4.78, 5) is 16.1. The predicted molar refractivity (Wildman–Crippen MR) is 76.4 cm³/mol. The molecule has 1 atom stereocenters. The van der Waals surface area contributed by atoms with Gasteiger partial charge < -0.3 is 10.2 Å². The molecule has 1 saturated heterocycles. The summed E-state index contributed by atoms with van der Waals surface area (Å²) in [5.74, 6) is 0. The minimum Gasteiger partial charge on any atom is -0.338 e. The van der Waals surface area contributed by atoms with Gasteiger partial charge in [0.25, 0.3) is 0 Å². The lowest BCUT2D eigenvalue weighted by atomic mass is 10.1. The molecule has 6 heteroatoms. The molecule has 6 nitrogen and oxygen atoms in total. The second-order valence-electron chi connectivity index (χ2n) is 5.83. The Morgan fingerprint density at radius 1 is 1.45 bits per heavy atom. The van der Waals surface area contributed by atoms with Gasteiger partial charge in [-0.25, -0.2) is 4.79 Å². The monoisotopic (exact) mass is 277 g/mol. The molecule has 0 saturated carbocycles. The number of likely N-dealkylation sites (tertiary alicyclic amines) is 1. The molecule has 0 radical (unpaired) electrons. The normalized spacial score (nSPS) is 22.9. The Bertz CT molecular complexity index is 466. The molecule has 1 aromatic rings. The second-order valence-corrected chi connectivity index (χ2v) is 5.83. The summed E-state index contributed by atoms with van der Waals surface area (Å²) in [6.45, 7) is 4.47. The highest BCUT2D eigenvalue weighted by atomic mass is 16.2. The smallest absolute Gasteiger partial charge is 0.317 e. The van der Waals surface area contributed by atoms with Crippen molar-refractivity contribution < 1.29 is 4.79 Å². The molecule has 1 N–H and O–H groups in total. The molecule has 20 heavy (non-hydrogen) atoms. The van der Waals surface area contributed by atoms with Crippen LogP contribution in [-0.4, -0.2) is 58.8 Å². The summed E-state index contributed by atoms with van der Waals surface area (Å²) >= 11 is 0. The molecule has 3 rings (SSSR count). The first-order chi connectivity index (χ1) is 9.74. The maximum atomic E-state index is 11.9. The van der Waals surface area contributed by atoms with Crippen molar-refractivity contribution in [3.8, 4) is 0 Å². The van der Waals surface area contributed by atoms with Crippen LogP contribution in [0.3, 0.4) is 0 Å². The Labute approximate surface area is 119 Å². The van der Waals surface area contributed by atoms with Crippen molar-refractivity contribution in [1.29, 1.82) is 0 Å². The van der Waals surface area contributed by atoms with Crippen molar-refractivity contribution in [3.63, 3.8) is 0 Å². The van der Waals surface area contributed by atoms with Gasteiger partial charge in [-0.15, -0.1) is 0 Å². The van der Waals surface area contributed by atoms with Gasteiger partial charge in [-0.2, -0.15) is 5.10 Å². The number of carbonyl (C=O) groups is 1. The molecular weight excluding hydrogens is 254 g/mol. The van der Waals surface area contributed by atoms with Crippen molar-refractivity contribution in [2.75, 3.05) is 33.2 Å². The van der Waals surface area contributed by atoms with E-state index in [-0.39, 0.29) is 6.03 Å². The van der Waals surface area contributed by atoms with Crippen LogP contribution >= 0.6 is 0 Å². The number of hydrogen-bond acceptors (Lipinski definition) is 3. The molecule has 110 valence electrons. The second kappa shape index (κ2) is 5.83. The number of hydrogen-bond donors (Lipinski definition) is 1. The summed E-state index contributed by atoms with van der Waals surface area (Å²) in [6, 6.07) is 2.52. The topological polar surface area (TPSA) is 53.4 Å². The highest BCUT2D eigenvalue weighted by Crippen LogP contribution is 2.21. The van der Waals surface area contributed by atoms with Gasteiger partial charge in [-0.3, -0.25) is 9.58 Å². The highest BCUT2D eigenvalue weighted by Gasteiger charge is 2.23. The summed E-state index contributed by atoms with van der Waals surface area (Å²) in [5, 5.41) is 7.45. The Morgan fingerprint density at radius 2 is 2.25 bits per heavy atom. The summed E-state index contributed by atoms with van der Waals surface area (Å²) in [5.41, 5.74) is 1.26. The first kappa shape index (κ1) is 13.4. The molecule has 0 unspecified atom stereocenters. The number of likely N-dealkylation sites (N-methyl/N-ethyl adjacent to an activating group) is 1. The summed E-state index contributed by atoms with van der Waals surface area (Å²) in [7, 11) is 2.13. The van der Waals surface area contributed by atoms with Gasteiger partial charge in [0, 0.05) is 38.9 Å². The Hall–Kier alpha value is -1.56. The Balaban J connectivity index is 1.50. The van der Waals surface area contributed by atoms with Crippen LogP contribution in [0.4, 0.5) is 4.79 Å². The van der Waals surface area contributed by atoms with Gasteiger partial charge in [0.05, 0.1) is 11.7 Å². The van der Waals surface area contributed by atoms with Crippen molar-refractivity contribution in [2.45, 2.75) is 31.8 Å². The largest absolute Gasteiger partial charge is 0.338 e. The van der Waals surface area contributed by atoms with Gasteiger partial charge in [0.2, 0.25) is 0 Å². The number of amides is 2. The molecule has 1 aromatic heterocycles. The van der Waals surface area contributed by atoms with Gasteiger partial charge >= 0.3 is 6.03 Å². The standard InChI is InChI=1S/C14H23N5O/c1-17-10-12(19-13(11-17)5-7-16-19)4-6-15-14(20)18-8-2-3-9-18/h5,7,12H,2-4,6,8-11H2,1H3,(H,15,20)/t12-/m1/s1. The number of aromatic nitrogens is 2. The molecule has 0 bridgehead atoms. The lowest BCUT2D eigenvalue weighted by molar-refractivity contribution is 0.194. The number of carbonyl (C=O) groups excluding carboxylic acids is 1. The average molecular weight is 277 g/mol. The Kier molecular flexibility index (Phi) is 3.91. The lowest BCUT2D eigenvalue weighted by Crippen LogP contribution is -2.40. The fraction of sp³-hybridized carbons (Fsp3) is 0.714. The fourth-order valence-corrected chi connectivity index (χ4v) is 3.17. The van der Waals surface area contributed by atoms with Crippen LogP contribution < -0.4 is 5.32 Å². The third kappa shape index (κ3) is 2.80. The van der Waals surface area contributed by atoms with Crippen LogP contribution in [0.25, 0.3) is 0 Å². The zero-order chi connectivity index (χ0) is 13.9. The third-order valence-corrected chi connectivity index (χ3v) is 4.20. The SMILES string of the molecule is CN1Cc2ccnn2[C@H](CCNC(=O)N2CCCC2)C1. The molecule has 2 amide bonds. The lowest BCUT2D eigenvalue weighted by Gasteiger charge is -2.31. The number of fused-ring (bicyclic) bond motifs is 1. The quantitative estimate of drug-likeness (QED) is 0.899. The minimum absolute atomic E-state index is 0.0901. The molecule has 0 aliphatic carbocycles. The van der Waals surface area contributed by atoms with E-state index in [0.29, 0.717) is 12.6 Å². The van der Waals surface area contributed by atoms with Crippen LogP contribution in [0.15, 0.2) is 12.3 Å². The predicted octanol–water partition coefficient (Wildman–Crippen LogP) is 1.07. The van der Waals surface area contributed by atoms with Crippen LogP contribution in [0.2, 0.25) is 0 Å². The van der Waals surface area contributed by atoms with E-state index in [2.05, 4.69) is 33.1 Å². The van der Waals surface area contributed by atoms with Crippen molar-refractivity contribution >= 4 is 6.03 Å². The zero-order valence-corrected chi connectivity index (χ0v) is 12.1. The molecule has 2 aliphatic rings. The van der Waals surface area contributed by atoms with Crippen molar-refractivity contribution in [3.05, 3.63) is 18.0 Å².